The summed E-state index contributed by atoms with van der Waals surface area (Å²) in [5, 5.41) is 9.94. The van der Waals surface area contributed by atoms with Gasteiger partial charge in [-0.05, 0) is 12.1 Å². The van der Waals surface area contributed by atoms with E-state index in [0.717, 1.165) is 6.61 Å². The van der Waals surface area contributed by atoms with Crippen molar-refractivity contribution in [2.75, 3.05) is 13.7 Å². The van der Waals surface area contributed by atoms with Crippen LogP contribution >= 0.6 is 11.6 Å². The van der Waals surface area contributed by atoms with Gasteiger partial charge in [-0.2, -0.15) is 5.26 Å². The van der Waals surface area contributed by atoms with Crippen LogP contribution < -0.4 is 0 Å². The van der Waals surface area contributed by atoms with E-state index >= 15 is 0 Å². The highest BCUT2D eigenvalue weighted by molar-refractivity contribution is 6.76. The molecule has 0 aromatic carbocycles. The lowest BCUT2D eigenvalue weighted by molar-refractivity contribution is 0.214. The zero-order valence-corrected chi connectivity index (χ0v) is 14.1. The summed E-state index contributed by atoms with van der Waals surface area (Å²) < 4.78 is 4.95. The van der Waals surface area contributed by atoms with Gasteiger partial charge in [-0.1, -0.05) is 31.2 Å². The highest BCUT2D eigenvalue weighted by Crippen LogP contribution is 2.23. The zero-order valence-electron chi connectivity index (χ0n) is 12.3. The van der Waals surface area contributed by atoms with Crippen molar-refractivity contribution < 1.29 is 4.74 Å². The second-order valence-corrected chi connectivity index (χ2v) is 11.7. The van der Waals surface area contributed by atoms with Crippen LogP contribution in [-0.2, 0) is 4.74 Å². The number of pyridine rings is 1. The van der Waals surface area contributed by atoms with Crippen LogP contribution in [0.5, 0.6) is 0 Å². The molecule has 2 aromatic heterocycles. The number of nitriles is 1. The number of halogens is 1. The smallest absolute Gasteiger partial charge is 0.140 e. The number of nitrogens with zero attached hydrogens (tertiary/aromatic N) is 2. The van der Waals surface area contributed by atoms with E-state index in [-0.39, 0.29) is 0 Å². The molecule has 0 saturated carbocycles. The largest absolute Gasteiger partial charge is 0.385 e. The predicted molar refractivity (Wildman–Crippen MR) is 85.8 cm³/mol. The Kier molecular flexibility index (Phi) is 6.21. The molecule has 2 aromatic rings. The van der Waals surface area contributed by atoms with Crippen molar-refractivity contribution in [1.29, 1.82) is 5.26 Å². The van der Waals surface area contributed by atoms with E-state index in [1.54, 1.807) is 25.6 Å². The molecule has 108 valence electrons. The summed E-state index contributed by atoms with van der Waals surface area (Å²) in [6.45, 7) is 8.00. The normalized spacial score (nSPS) is 10.8. The summed E-state index contributed by atoms with van der Waals surface area (Å²) in [6.07, 6.45) is 3.20. The third-order valence-electron chi connectivity index (χ3n) is 2.70. The summed E-state index contributed by atoms with van der Waals surface area (Å²) in [5.74, 6) is 0. The fourth-order valence-electron chi connectivity index (χ4n) is 1.51. The molecule has 2 heterocycles. The van der Waals surface area contributed by atoms with Crippen molar-refractivity contribution >= 4 is 30.7 Å². The van der Waals surface area contributed by atoms with Crippen molar-refractivity contribution in [1.82, 2.24) is 9.97 Å². The Morgan fingerprint density at radius 3 is 2.65 bits per heavy atom. The van der Waals surface area contributed by atoms with Crippen LogP contribution in [0.25, 0.3) is 11.0 Å². The minimum atomic E-state index is -0.803. The Morgan fingerprint density at radius 1 is 1.45 bits per heavy atom. The van der Waals surface area contributed by atoms with Crippen LogP contribution in [0.3, 0.4) is 0 Å². The minimum Gasteiger partial charge on any atom is -0.385 e. The molecule has 0 aliphatic carbocycles. The maximum Gasteiger partial charge on any atom is 0.140 e. The molecule has 0 amide bonds. The quantitative estimate of drug-likeness (QED) is 0.870. The lowest BCUT2D eigenvalue weighted by atomic mass is 10.2. The van der Waals surface area contributed by atoms with E-state index < -0.39 is 8.07 Å². The first-order valence-electron chi connectivity index (χ1n) is 6.39. The fourth-order valence-corrected chi connectivity index (χ4v) is 2.58. The van der Waals surface area contributed by atoms with Crippen LogP contribution in [-0.4, -0.2) is 31.8 Å². The van der Waals surface area contributed by atoms with Gasteiger partial charge >= 0.3 is 0 Å². The molecule has 0 radical (unpaired) electrons. The van der Waals surface area contributed by atoms with Gasteiger partial charge in [0.1, 0.15) is 11.7 Å². The highest BCUT2D eigenvalue weighted by atomic mass is 35.5. The SMILES string of the molecule is COCC[Si](C)(C)C.N#Cc1c[nH]c2nccc(Cl)c12. The maximum absolute atomic E-state index is 8.69. The highest BCUT2D eigenvalue weighted by Gasteiger charge is 2.10. The van der Waals surface area contributed by atoms with Crippen LogP contribution in [0.1, 0.15) is 5.56 Å². The average Bonchev–Trinajstić information content (AvgIpc) is 2.81. The number of methoxy groups -OCH3 is 1. The minimum absolute atomic E-state index is 0.531. The lowest BCUT2D eigenvalue weighted by Crippen LogP contribution is -2.21. The van der Waals surface area contributed by atoms with Crippen molar-refractivity contribution in [2.45, 2.75) is 25.7 Å². The molecule has 20 heavy (non-hydrogen) atoms. The maximum atomic E-state index is 8.69. The van der Waals surface area contributed by atoms with Gasteiger partial charge in [0.05, 0.1) is 16.0 Å². The zero-order chi connectivity index (χ0) is 15.2. The van der Waals surface area contributed by atoms with Crippen LogP contribution in [0.2, 0.25) is 30.7 Å². The van der Waals surface area contributed by atoms with Crippen molar-refractivity contribution in [2.24, 2.45) is 0 Å². The van der Waals surface area contributed by atoms with Gasteiger partial charge in [0, 0.05) is 34.2 Å². The van der Waals surface area contributed by atoms with Gasteiger partial charge in [-0.15, -0.1) is 0 Å². The molecule has 0 fully saturated rings. The molecule has 0 unspecified atom stereocenters. The molecule has 0 atom stereocenters. The van der Waals surface area contributed by atoms with Gasteiger partial charge in [0.25, 0.3) is 0 Å². The van der Waals surface area contributed by atoms with Gasteiger partial charge in [0.15, 0.2) is 0 Å². The first-order chi connectivity index (χ1) is 9.39. The standard InChI is InChI=1S/C8H4ClN3.C6H16OSi/c9-6-1-2-11-8-7(6)5(3-10)4-12-8;1-7-5-6-8(2,3)4/h1-2,4H,(H,11,12);5-6H2,1-4H3. The Hall–Kier alpha value is -1.35. The molecule has 2 rings (SSSR count). The fraction of sp³-hybridized carbons (Fsp3) is 0.429. The summed E-state index contributed by atoms with van der Waals surface area (Å²) >= 11 is 5.87. The summed E-state index contributed by atoms with van der Waals surface area (Å²) in [5.41, 5.74) is 1.18. The van der Waals surface area contributed by atoms with Gasteiger partial charge in [-0.25, -0.2) is 4.98 Å². The first kappa shape index (κ1) is 16.7. The van der Waals surface area contributed by atoms with E-state index in [0.29, 0.717) is 21.6 Å². The second kappa shape index (κ2) is 7.43. The van der Waals surface area contributed by atoms with Crippen LogP contribution in [0, 0.1) is 11.3 Å². The van der Waals surface area contributed by atoms with E-state index in [1.165, 1.54) is 6.04 Å². The number of aromatic nitrogens is 2. The van der Waals surface area contributed by atoms with Crippen LogP contribution in [0.4, 0.5) is 0 Å². The molecular formula is C14H20ClN3OSi. The Labute approximate surface area is 125 Å². The van der Waals surface area contributed by atoms with E-state index in [9.17, 15) is 0 Å². The first-order valence-corrected chi connectivity index (χ1v) is 10.5. The van der Waals surface area contributed by atoms with Gasteiger partial charge < -0.3 is 9.72 Å². The molecule has 0 aliphatic heterocycles. The number of aromatic amines is 1. The van der Waals surface area contributed by atoms with E-state index in [2.05, 4.69) is 29.6 Å². The number of fused-ring (bicyclic) bond motifs is 1. The van der Waals surface area contributed by atoms with Crippen LogP contribution in [0.15, 0.2) is 18.5 Å². The molecular weight excluding hydrogens is 290 g/mol. The predicted octanol–water partition coefficient (Wildman–Crippen LogP) is 4.06. The molecule has 0 bridgehead atoms. The summed E-state index contributed by atoms with van der Waals surface area (Å²) in [6, 6.07) is 4.98. The monoisotopic (exact) mass is 309 g/mol. The van der Waals surface area contributed by atoms with E-state index in [4.69, 9.17) is 21.6 Å². The summed E-state index contributed by atoms with van der Waals surface area (Å²) in [7, 11) is 0.961. The number of hydrogen-bond acceptors (Lipinski definition) is 3. The van der Waals surface area contributed by atoms with Crippen molar-refractivity contribution in [3.05, 3.63) is 29.0 Å². The number of rotatable bonds is 3. The number of nitrogens with one attached hydrogen (secondary N) is 1. The number of ether oxygens (including phenoxy) is 1. The van der Waals surface area contributed by atoms with E-state index in [1.807, 2.05) is 6.07 Å². The molecule has 4 nitrogen and oxygen atoms in total. The molecule has 0 saturated heterocycles. The third-order valence-corrected chi connectivity index (χ3v) is 4.72. The lowest BCUT2D eigenvalue weighted by Gasteiger charge is -2.13. The van der Waals surface area contributed by atoms with Gasteiger partial charge in [0.2, 0.25) is 0 Å². The topological polar surface area (TPSA) is 61.7 Å². The Morgan fingerprint density at radius 2 is 2.15 bits per heavy atom. The third kappa shape index (κ3) is 4.97. The second-order valence-electron chi connectivity index (χ2n) is 5.63. The number of H-pyrrole nitrogens is 1. The summed E-state index contributed by atoms with van der Waals surface area (Å²) in [4.78, 5) is 6.88. The van der Waals surface area contributed by atoms with Crippen molar-refractivity contribution in [3.63, 3.8) is 0 Å². The Balaban J connectivity index is 0.000000221. The molecule has 0 spiro atoms. The molecule has 6 heteroatoms. The number of hydrogen-bond donors (Lipinski definition) is 1. The Bertz CT molecular complexity index is 598. The molecule has 0 aliphatic rings. The molecule has 1 N–H and O–H groups in total. The average molecular weight is 310 g/mol. The van der Waals surface area contributed by atoms with Gasteiger partial charge in [-0.3, -0.25) is 0 Å². The van der Waals surface area contributed by atoms with Crippen molar-refractivity contribution in [3.8, 4) is 6.07 Å².